The van der Waals surface area contributed by atoms with Gasteiger partial charge in [0.25, 0.3) is 0 Å². The minimum absolute atomic E-state index is 0.0555. The van der Waals surface area contributed by atoms with Crippen LogP contribution in [0.2, 0.25) is 0 Å². The van der Waals surface area contributed by atoms with Crippen LogP contribution in [0.25, 0.3) is 0 Å². The fourth-order valence-corrected chi connectivity index (χ4v) is 1.19. The first kappa shape index (κ1) is 9.35. The summed E-state index contributed by atoms with van der Waals surface area (Å²) in [5.74, 6) is -0.760. The van der Waals surface area contributed by atoms with Crippen LogP contribution in [0.4, 0.5) is 0 Å². The third-order valence-electron chi connectivity index (χ3n) is 1.76. The van der Waals surface area contributed by atoms with Crippen LogP contribution in [0.5, 0.6) is 0 Å². The lowest BCUT2D eigenvalue weighted by molar-refractivity contribution is -0.166. The number of aldehydes is 2. The predicted octanol–water partition coefficient (Wildman–Crippen LogP) is 0.296. The molecule has 0 amide bonds. The smallest absolute Gasteiger partial charge is 0.164 e. The minimum Gasteiger partial charge on any atom is -0.347 e. The predicted molar refractivity (Wildman–Crippen MR) is 40.6 cm³/mol. The van der Waals surface area contributed by atoms with Crippen LogP contribution in [-0.4, -0.2) is 30.6 Å². The lowest BCUT2D eigenvalue weighted by Gasteiger charge is -2.21. The topological polar surface area (TPSA) is 52.6 Å². The Morgan fingerprint density at radius 1 is 1.42 bits per heavy atom. The second-order valence-electron chi connectivity index (χ2n) is 3.34. The molecule has 0 saturated carbocycles. The van der Waals surface area contributed by atoms with Gasteiger partial charge in [-0.2, -0.15) is 0 Å². The van der Waals surface area contributed by atoms with Gasteiger partial charge in [0.2, 0.25) is 0 Å². The van der Waals surface area contributed by atoms with Gasteiger partial charge >= 0.3 is 0 Å². The second kappa shape index (κ2) is 2.95. The normalized spacial score (nSPS) is 33.2. The molecule has 4 heteroatoms. The fraction of sp³-hybridized carbons (Fsp3) is 0.750. The highest BCUT2D eigenvalue weighted by molar-refractivity contribution is 5.70. The van der Waals surface area contributed by atoms with E-state index in [0.29, 0.717) is 12.6 Å². The van der Waals surface area contributed by atoms with Crippen LogP contribution in [0.15, 0.2) is 0 Å². The zero-order valence-electron chi connectivity index (χ0n) is 7.20. The highest BCUT2D eigenvalue weighted by Gasteiger charge is 2.45. The molecule has 0 N–H and O–H groups in total. The Kier molecular flexibility index (Phi) is 2.30. The molecule has 0 spiro atoms. The van der Waals surface area contributed by atoms with Crippen molar-refractivity contribution in [2.75, 3.05) is 6.61 Å². The number of rotatable bonds is 3. The molecular formula is C8H12O4. The maximum absolute atomic E-state index is 10.6. The molecular weight excluding hydrogens is 160 g/mol. The van der Waals surface area contributed by atoms with Gasteiger partial charge in [-0.25, -0.2) is 0 Å². The summed E-state index contributed by atoms with van der Waals surface area (Å²) in [4.78, 5) is 20.9. The fourth-order valence-electron chi connectivity index (χ4n) is 1.19. The number of carbonyl (C=O) groups is 2. The van der Waals surface area contributed by atoms with Gasteiger partial charge in [-0.15, -0.1) is 0 Å². The standard InChI is InChI=1S/C8H12O4/c1-7(2)11-6-8(5-10,12-7)3-4-9/h4-5H,3,6H2,1-2H3. The lowest BCUT2D eigenvalue weighted by Crippen LogP contribution is -2.36. The van der Waals surface area contributed by atoms with E-state index < -0.39 is 11.4 Å². The van der Waals surface area contributed by atoms with Gasteiger partial charge in [-0.1, -0.05) is 0 Å². The third-order valence-corrected chi connectivity index (χ3v) is 1.76. The van der Waals surface area contributed by atoms with Gasteiger partial charge in [-0.05, 0) is 13.8 Å². The monoisotopic (exact) mass is 172 g/mol. The van der Waals surface area contributed by atoms with Crippen LogP contribution in [0.1, 0.15) is 20.3 Å². The quantitative estimate of drug-likeness (QED) is 0.574. The Bertz CT molecular complexity index is 199. The summed E-state index contributed by atoms with van der Waals surface area (Å²) in [5.41, 5.74) is -1.05. The molecule has 12 heavy (non-hydrogen) atoms. The van der Waals surface area contributed by atoms with Gasteiger partial charge in [0.1, 0.15) is 6.29 Å². The average molecular weight is 172 g/mol. The number of ether oxygens (including phenoxy) is 2. The van der Waals surface area contributed by atoms with Crippen LogP contribution >= 0.6 is 0 Å². The van der Waals surface area contributed by atoms with Gasteiger partial charge in [0.15, 0.2) is 17.7 Å². The van der Waals surface area contributed by atoms with Crippen molar-refractivity contribution in [1.82, 2.24) is 0 Å². The summed E-state index contributed by atoms with van der Waals surface area (Å²) in [6.07, 6.45) is 1.36. The molecule has 0 aromatic heterocycles. The zero-order valence-corrected chi connectivity index (χ0v) is 7.20. The molecule has 0 radical (unpaired) electrons. The Hall–Kier alpha value is -0.740. The maximum Gasteiger partial charge on any atom is 0.164 e. The Labute approximate surface area is 70.8 Å². The first-order chi connectivity index (χ1) is 5.54. The summed E-state index contributed by atoms with van der Waals surface area (Å²) >= 11 is 0. The summed E-state index contributed by atoms with van der Waals surface area (Å²) in [6, 6.07) is 0. The molecule has 1 aliphatic heterocycles. The van der Waals surface area contributed by atoms with Gasteiger partial charge in [0.05, 0.1) is 6.61 Å². The third kappa shape index (κ3) is 1.70. The molecule has 0 aromatic rings. The first-order valence-corrected chi connectivity index (χ1v) is 3.78. The van der Waals surface area contributed by atoms with Crippen LogP contribution in [0, 0.1) is 0 Å². The summed E-state index contributed by atoms with van der Waals surface area (Å²) in [6.45, 7) is 3.58. The maximum atomic E-state index is 10.6. The first-order valence-electron chi connectivity index (χ1n) is 3.78. The van der Waals surface area contributed by atoms with Gasteiger partial charge in [0, 0.05) is 6.42 Å². The Morgan fingerprint density at radius 2 is 2.08 bits per heavy atom. The van der Waals surface area contributed by atoms with E-state index >= 15 is 0 Å². The molecule has 1 heterocycles. The molecule has 68 valence electrons. The van der Waals surface area contributed by atoms with Gasteiger partial charge in [-0.3, -0.25) is 0 Å². The molecule has 1 rings (SSSR count). The van der Waals surface area contributed by atoms with Crippen molar-refractivity contribution in [1.29, 1.82) is 0 Å². The molecule has 4 nitrogen and oxygen atoms in total. The number of carbonyl (C=O) groups excluding carboxylic acids is 2. The van der Waals surface area contributed by atoms with E-state index in [1.165, 1.54) is 0 Å². The summed E-state index contributed by atoms with van der Waals surface area (Å²) in [7, 11) is 0. The van der Waals surface area contributed by atoms with Crippen molar-refractivity contribution >= 4 is 12.6 Å². The van der Waals surface area contributed by atoms with Crippen molar-refractivity contribution < 1.29 is 19.1 Å². The number of hydrogen-bond donors (Lipinski definition) is 0. The SMILES string of the molecule is CC1(C)OCC(C=O)(CC=O)O1. The molecule has 0 aliphatic carbocycles. The lowest BCUT2D eigenvalue weighted by atomic mass is 10.0. The molecule has 1 aliphatic rings. The van der Waals surface area contributed by atoms with Crippen molar-refractivity contribution in [3.05, 3.63) is 0 Å². The minimum atomic E-state index is -1.05. The zero-order chi connectivity index (χ0) is 9.24. The highest BCUT2D eigenvalue weighted by Crippen LogP contribution is 2.31. The average Bonchev–Trinajstić information content (AvgIpc) is 2.29. The Morgan fingerprint density at radius 3 is 2.42 bits per heavy atom. The van der Waals surface area contributed by atoms with Crippen molar-refractivity contribution in [3.63, 3.8) is 0 Å². The van der Waals surface area contributed by atoms with Crippen LogP contribution < -0.4 is 0 Å². The van der Waals surface area contributed by atoms with Crippen molar-refractivity contribution in [2.45, 2.75) is 31.7 Å². The van der Waals surface area contributed by atoms with E-state index in [-0.39, 0.29) is 13.0 Å². The summed E-state index contributed by atoms with van der Waals surface area (Å²) < 4.78 is 10.5. The largest absolute Gasteiger partial charge is 0.347 e. The number of hydrogen-bond acceptors (Lipinski definition) is 4. The molecule has 1 unspecified atom stereocenters. The molecule has 0 bridgehead atoms. The van der Waals surface area contributed by atoms with E-state index in [0.717, 1.165) is 0 Å². The van der Waals surface area contributed by atoms with Crippen LogP contribution in [0.3, 0.4) is 0 Å². The van der Waals surface area contributed by atoms with Crippen molar-refractivity contribution in [2.24, 2.45) is 0 Å². The second-order valence-corrected chi connectivity index (χ2v) is 3.34. The molecule has 0 aromatic carbocycles. The molecule has 1 atom stereocenters. The van der Waals surface area contributed by atoms with Crippen molar-refractivity contribution in [3.8, 4) is 0 Å². The highest BCUT2D eigenvalue weighted by atomic mass is 16.8. The van der Waals surface area contributed by atoms with E-state index in [1.54, 1.807) is 13.8 Å². The summed E-state index contributed by atoms with van der Waals surface area (Å²) in [5, 5.41) is 0. The van der Waals surface area contributed by atoms with E-state index in [1.807, 2.05) is 0 Å². The Balaban J connectivity index is 2.72. The molecule has 1 saturated heterocycles. The van der Waals surface area contributed by atoms with E-state index in [2.05, 4.69) is 0 Å². The van der Waals surface area contributed by atoms with E-state index in [9.17, 15) is 9.59 Å². The van der Waals surface area contributed by atoms with Gasteiger partial charge < -0.3 is 19.1 Å². The molecule has 1 fully saturated rings. The van der Waals surface area contributed by atoms with Crippen LogP contribution in [-0.2, 0) is 19.1 Å². The van der Waals surface area contributed by atoms with E-state index in [4.69, 9.17) is 9.47 Å².